The van der Waals surface area contributed by atoms with E-state index in [1.54, 1.807) is 7.11 Å². The van der Waals surface area contributed by atoms with E-state index >= 15 is 0 Å². The average Bonchev–Trinajstić information content (AvgIpc) is 2.47. The molecule has 4 heteroatoms. The largest absolute Gasteiger partial charge is 0.497 e. The van der Waals surface area contributed by atoms with Crippen LogP contribution in [0.2, 0.25) is 0 Å². The minimum atomic E-state index is 0.497. The summed E-state index contributed by atoms with van der Waals surface area (Å²) in [6.07, 6.45) is 1.37. The monoisotopic (exact) mass is 257 g/mol. The fraction of sp³-hybridized carbons (Fsp3) is 0.133. The molecule has 0 radical (unpaired) electrons. The molecule has 4 nitrogen and oxygen atoms in total. The zero-order valence-corrected chi connectivity index (χ0v) is 10.6. The molecule has 0 saturated heterocycles. The summed E-state index contributed by atoms with van der Waals surface area (Å²) in [5.41, 5.74) is 1.89. The Morgan fingerprint density at radius 3 is 2.21 bits per heavy atom. The van der Waals surface area contributed by atoms with E-state index in [1.807, 2.05) is 48.5 Å². The first kappa shape index (κ1) is 13.0. The molecule has 0 aliphatic rings. The van der Waals surface area contributed by atoms with Crippen LogP contribution in [0, 0.1) is 0 Å². The number of methoxy groups -OCH3 is 1. The molecule has 1 N–H and O–H groups in total. The maximum atomic E-state index is 8.41. The van der Waals surface area contributed by atoms with Crippen LogP contribution in [0.5, 0.6) is 11.5 Å². The van der Waals surface area contributed by atoms with Crippen LogP contribution in [0.1, 0.15) is 11.1 Å². The molecule has 2 aromatic carbocycles. The van der Waals surface area contributed by atoms with Crippen LogP contribution in [0.4, 0.5) is 0 Å². The summed E-state index contributed by atoms with van der Waals surface area (Å²) in [6.45, 7) is 0.497. The number of oxime groups is 1. The van der Waals surface area contributed by atoms with Crippen LogP contribution < -0.4 is 9.47 Å². The highest BCUT2D eigenvalue weighted by atomic mass is 16.5. The van der Waals surface area contributed by atoms with Gasteiger partial charge in [0.2, 0.25) is 0 Å². The Kier molecular flexibility index (Phi) is 4.39. The Hall–Kier alpha value is -2.49. The Morgan fingerprint density at radius 1 is 1.00 bits per heavy atom. The lowest BCUT2D eigenvalue weighted by molar-refractivity contribution is 0.306. The van der Waals surface area contributed by atoms with Gasteiger partial charge in [-0.3, -0.25) is 0 Å². The van der Waals surface area contributed by atoms with Gasteiger partial charge in [0.1, 0.15) is 18.1 Å². The van der Waals surface area contributed by atoms with Crippen LogP contribution in [0.25, 0.3) is 0 Å². The molecule has 0 atom stereocenters. The Morgan fingerprint density at radius 2 is 1.63 bits per heavy atom. The van der Waals surface area contributed by atoms with Crippen molar-refractivity contribution >= 4 is 6.21 Å². The Labute approximate surface area is 111 Å². The van der Waals surface area contributed by atoms with Crippen LogP contribution in [0.15, 0.2) is 53.7 Å². The molecule has 0 spiro atoms. The first-order chi connectivity index (χ1) is 9.31. The van der Waals surface area contributed by atoms with E-state index in [0.29, 0.717) is 6.61 Å². The summed E-state index contributed by atoms with van der Waals surface area (Å²) in [6, 6.07) is 15.0. The van der Waals surface area contributed by atoms with E-state index in [4.69, 9.17) is 14.7 Å². The molecule has 2 aromatic rings. The SMILES string of the molecule is COc1ccc(COc2ccc(C=NO)cc2)cc1. The molecule has 0 saturated carbocycles. The number of benzene rings is 2. The Balaban J connectivity index is 1.93. The number of ether oxygens (including phenoxy) is 2. The van der Waals surface area contributed by atoms with Crippen molar-refractivity contribution in [3.63, 3.8) is 0 Å². The smallest absolute Gasteiger partial charge is 0.119 e. The molecule has 0 aliphatic heterocycles. The van der Waals surface area contributed by atoms with Crippen LogP contribution in [-0.4, -0.2) is 18.5 Å². The van der Waals surface area contributed by atoms with E-state index < -0.39 is 0 Å². The fourth-order valence-corrected chi connectivity index (χ4v) is 1.61. The molecule has 0 heterocycles. The summed E-state index contributed by atoms with van der Waals surface area (Å²) >= 11 is 0. The lowest BCUT2D eigenvalue weighted by Crippen LogP contribution is -1.95. The lowest BCUT2D eigenvalue weighted by atomic mass is 10.2. The number of hydrogen-bond donors (Lipinski definition) is 1. The highest BCUT2D eigenvalue weighted by molar-refractivity contribution is 5.79. The summed E-state index contributed by atoms with van der Waals surface area (Å²) in [5, 5.41) is 11.4. The topological polar surface area (TPSA) is 51.0 Å². The van der Waals surface area contributed by atoms with Crippen molar-refractivity contribution in [1.29, 1.82) is 0 Å². The fourth-order valence-electron chi connectivity index (χ4n) is 1.61. The van der Waals surface area contributed by atoms with Crippen molar-refractivity contribution in [1.82, 2.24) is 0 Å². The molecule has 98 valence electrons. The molecule has 0 aliphatic carbocycles. The number of nitrogens with zero attached hydrogens (tertiary/aromatic N) is 1. The summed E-state index contributed by atoms with van der Waals surface area (Å²) in [7, 11) is 1.64. The van der Waals surface area contributed by atoms with Gasteiger partial charge in [-0.1, -0.05) is 17.3 Å². The number of hydrogen-bond acceptors (Lipinski definition) is 4. The van der Waals surface area contributed by atoms with Gasteiger partial charge >= 0.3 is 0 Å². The van der Waals surface area contributed by atoms with E-state index in [2.05, 4.69) is 5.16 Å². The van der Waals surface area contributed by atoms with Gasteiger partial charge in [0.15, 0.2) is 0 Å². The summed E-state index contributed by atoms with van der Waals surface area (Å²) in [5.74, 6) is 1.60. The van der Waals surface area contributed by atoms with Gasteiger partial charge in [0, 0.05) is 0 Å². The first-order valence-corrected chi connectivity index (χ1v) is 5.85. The maximum absolute atomic E-state index is 8.41. The second-order valence-electron chi connectivity index (χ2n) is 3.95. The van der Waals surface area contributed by atoms with E-state index in [-0.39, 0.29) is 0 Å². The second-order valence-corrected chi connectivity index (χ2v) is 3.95. The summed E-state index contributed by atoms with van der Waals surface area (Å²) in [4.78, 5) is 0. The van der Waals surface area contributed by atoms with Crippen LogP contribution in [0.3, 0.4) is 0 Å². The number of rotatable bonds is 5. The molecular weight excluding hydrogens is 242 g/mol. The van der Waals surface area contributed by atoms with Crippen molar-refractivity contribution in [3.05, 3.63) is 59.7 Å². The van der Waals surface area contributed by atoms with Gasteiger partial charge in [0.25, 0.3) is 0 Å². The van der Waals surface area contributed by atoms with Gasteiger partial charge in [-0.15, -0.1) is 0 Å². The van der Waals surface area contributed by atoms with Crippen molar-refractivity contribution in [3.8, 4) is 11.5 Å². The van der Waals surface area contributed by atoms with E-state index in [9.17, 15) is 0 Å². The highest BCUT2D eigenvalue weighted by Crippen LogP contribution is 2.15. The van der Waals surface area contributed by atoms with Crippen molar-refractivity contribution < 1.29 is 14.7 Å². The third kappa shape index (κ3) is 3.74. The average molecular weight is 257 g/mol. The zero-order chi connectivity index (χ0) is 13.5. The van der Waals surface area contributed by atoms with Crippen LogP contribution in [-0.2, 0) is 6.61 Å². The predicted octanol–water partition coefficient (Wildman–Crippen LogP) is 3.08. The first-order valence-electron chi connectivity index (χ1n) is 5.85. The predicted molar refractivity (Wildman–Crippen MR) is 73.1 cm³/mol. The lowest BCUT2D eigenvalue weighted by Gasteiger charge is -2.07. The third-order valence-electron chi connectivity index (χ3n) is 2.65. The van der Waals surface area contributed by atoms with Gasteiger partial charge in [-0.05, 0) is 47.5 Å². The van der Waals surface area contributed by atoms with E-state index in [0.717, 1.165) is 22.6 Å². The van der Waals surface area contributed by atoms with Gasteiger partial charge in [-0.25, -0.2) is 0 Å². The van der Waals surface area contributed by atoms with E-state index in [1.165, 1.54) is 6.21 Å². The zero-order valence-electron chi connectivity index (χ0n) is 10.6. The van der Waals surface area contributed by atoms with Gasteiger partial charge in [-0.2, -0.15) is 0 Å². The quantitative estimate of drug-likeness (QED) is 0.508. The second kappa shape index (κ2) is 6.44. The summed E-state index contributed by atoms with van der Waals surface area (Å²) < 4.78 is 10.7. The highest BCUT2D eigenvalue weighted by Gasteiger charge is 1.97. The maximum Gasteiger partial charge on any atom is 0.119 e. The minimum absolute atomic E-state index is 0.497. The van der Waals surface area contributed by atoms with Gasteiger partial charge in [0.05, 0.1) is 13.3 Å². The molecule has 19 heavy (non-hydrogen) atoms. The molecule has 0 aromatic heterocycles. The normalized spacial score (nSPS) is 10.6. The molecule has 0 amide bonds. The standard InChI is InChI=1S/C15H15NO3/c1-18-14-6-4-13(5-7-14)11-19-15-8-2-12(3-9-15)10-16-17/h2-10,17H,11H2,1H3. The van der Waals surface area contributed by atoms with Crippen molar-refractivity contribution in [2.45, 2.75) is 6.61 Å². The molecular formula is C15H15NO3. The molecule has 0 fully saturated rings. The molecule has 0 unspecified atom stereocenters. The van der Waals surface area contributed by atoms with Crippen molar-refractivity contribution in [2.75, 3.05) is 7.11 Å². The Bertz CT molecular complexity index is 532. The minimum Gasteiger partial charge on any atom is -0.497 e. The van der Waals surface area contributed by atoms with Gasteiger partial charge < -0.3 is 14.7 Å². The third-order valence-corrected chi connectivity index (χ3v) is 2.65. The van der Waals surface area contributed by atoms with Crippen LogP contribution >= 0.6 is 0 Å². The molecule has 2 rings (SSSR count). The molecule has 0 bridgehead atoms. The van der Waals surface area contributed by atoms with Crippen molar-refractivity contribution in [2.24, 2.45) is 5.16 Å².